The molecule has 1 saturated heterocycles. The zero-order valence-corrected chi connectivity index (χ0v) is 23.5. The van der Waals surface area contributed by atoms with E-state index in [1.165, 1.54) is 21.0 Å². The molecular formula is C28H29ClN6O4S. The molecule has 2 aromatic heterocycles. The lowest BCUT2D eigenvalue weighted by molar-refractivity contribution is -0.142. The minimum atomic E-state index is -0.880. The molecule has 2 atom stereocenters. The lowest BCUT2D eigenvalue weighted by Gasteiger charge is -2.31. The van der Waals surface area contributed by atoms with Gasteiger partial charge in [-0.1, -0.05) is 35.9 Å². The minimum absolute atomic E-state index is 0.0311. The maximum atomic E-state index is 13.9. The number of halogens is 1. The summed E-state index contributed by atoms with van der Waals surface area (Å²) in [5, 5.41) is 18.0. The summed E-state index contributed by atoms with van der Waals surface area (Å²) in [6, 6.07) is 17.3. The number of tetrazole rings is 1. The van der Waals surface area contributed by atoms with Crippen LogP contribution in [-0.2, 0) is 27.4 Å². The fraction of sp³-hybridized carbons (Fsp3) is 0.321. The first-order valence-electron chi connectivity index (χ1n) is 12.9. The number of ether oxygens (including phenoxy) is 2. The largest absolute Gasteiger partial charge is 0.497 e. The molecule has 1 aliphatic rings. The Morgan fingerprint density at radius 2 is 2.02 bits per heavy atom. The monoisotopic (exact) mass is 580 g/mol. The zero-order chi connectivity index (χ0) is 27.9. The topological polar surface area (TPSA) is 111 Å². The maximum Gasteiger partial charge on any atom is 0.248 e. The Hall–Kier alpha value is -3.80. The summed E-state index contributed by atoms with van der Waals surface area (Å²) in [6.07, 6.45) is 1.83. The molecule has 0 unspecified atom stereocenters. The van der Waals surface area contributed by atoms with Gasteiger partial charge in [0.25, 0.3) is 0 Å². The van der Waals surface area contributed by atoms with Crippen LogP contribution in [0.15, 0.2) is 66.0 Å². The van der Waals surface area contributed by atoms with E-state index in [0.717, 1.165) is 28.8 Å². The van der Waals surface area contributed by atoms with Crippen LogP contribution in [0.1, 0.15) is 29.3 Å². The Balaban J connectivity index is 1.41. The summed E-state index contributed by atoms with van der Waals surface area (Å²) in [5.41, 5.74) is 1.45. The van der Waals surface area contributed by atoms with Crippen LogP contribution >= 0.6 is 22.9 Å². The maximum absolute atomic E-state index is 13.9. The Morgan fingerprint density at radius 3 is 2.73 bits per heavy atom. The molecule has 208 valence electrons. The standard InChI is InChI=1S/C28H29ClN6O4S/c1-38-21-12-10-19(11-13-21)27-31-33-35(32-27)18-25(36)34(17-20-6-2-3-8-23(20)29)26(24-9-5-15-40-24)28(37)30-16-22-7-4-14-39-22/h2-3,5-6,8-13,15,22,26H,4,7,14,16-18H2,1H3,(H,30,37)/t22-,26-/m1/s1. The van der Waals surface area contributed by atoms with Gasteiger partial charge in [-0.2, -0.15) is 4.80 Å². The summed E-state index contributed by atoms with van der Waals surface area (Å²) in [6.45, 7) is 0.975. The van der Waals surface area contributed by atoms with Crippen LogP contribution in [-0.4, -0.2) is 63.3 Å². The van der Waals surface area contributed by atoms with Gasteiger partial charge in [0.05, 0.1) is 13.2 Å². The van der Waals surface area contributed by atoms with Crippen LogP contribution in [0.25, 0.3) is 11.4 Å². The Kier molecular flexibility index (Phi) is 9.04. The third-order valence-electron chi connectivity index (χ3n) is 6.60. The van der Waals surface area contributed by atoms with Crippen LogP contribution in [0.3, 0.4) is 0 Å². The van der Waals surface area contributed by atoms with Gasteiger partial charge < -0.3 is 19.7 Å². The van der Waals surface area contributed by atoms with Crippen LogP contribution in [0, 0.1) is 0 Å². The normalized spacial score (nSPS) is 15.5. The molecule has 2 amide bonds. The van der Waals surface area contributed by atoms with Crippen molar-refractivity contribution in [1.82, 2.24) is 30.4 Å². The summed E-state index contributed by atoms with van der Waals surface area (Å²) in [5.74, 6) is 0.434. The van der Waals surface area contributed by atoms with E-state index in [2.05, 4.69) is 20.7 Å². The quantitative estimate of drug-likeness (QED) is 0.284. The Bertz CT molecular complexity index is 1420. The van der Waals surface area contributed by atoms with Crippen molar-refractivity contribution in [2.75, 3.05) is 20.3 Å². The fourth-order valence-electron chi connectivity index (χ4n) is 4.50. The second-order valence-corrected chi connectivity index (χ2v) is 10.7. The van der Waals surface area contributed by atoms with E-state index in [4.69, 9.17) is 21.1 Å². The van der Waals surface area contributed by atoms with Gasteiger partial charge in [0.2, 0.25) is 17.6 Å². The van der Waals surface area contributed by atoms with Gasteiger partial charge in [-0.15, -0.1) is 21.5 Å². The highest BCUT2D eigenvalue weighted by molar-refractivity contribution is 7.10. The molecule has 5 rings (SSSR count). The van der Waals surface area contributed by atoms with Crippen LogP contribution < -0.4 is 10.1 Å². The molecule has 0 aliphatic carbocycles. The van der Waals surface area contributed by atoms with Gasteiger partial charge in [0.15, 0.2) is 0 Å². The van der Waals surface area contributed by atoms with Gasteiger partial charge in [-0.3, -0.25) is 9.59 Å². The number of thiophene rings is 1. The Labute approximate surface area is 240 Å². The lowest BCUT2D eigenvalue weighted by Crippen LogP contribution is -2.45. The van der Waals surface area contributed by atoms with Gasteiger partial charge >= 0.3 is 0 Å². The van der Waals surface area contributed by atoms with Crippen molar-refractivity contribution in [2.24, 2.45) is 0 Å². The number of methoxy groups -OCH3 is 1. The highest BCUT2D eigenvalue weighted by Gasteiger charge is 2.34. The first-order chi connectivity index (χ1) is 19.5. The van der Waals surface area contributed by atoms with E-state index >= 15 is 0 Å². The number of hydrogen-bond acceptors (Lipinski definition) is 8. The summed E-state index contributed by atoms with van der Waals surface area (Å²) in [7, 11) is 1.59. The van der Waals surface area contributed by atoms with E-state index in [0.29, 0.717) is 29.7 Å². The molecule has 0 bridgehead atoms. The van der Waals surface area contributed by atoms with E-state index in [1.54, 1.807) is 25.3 Å². The lowest BCUT2D eigenvalue weighted by atomic mass is 10.1. The molecule has 3 heterocycles. The van der Waals surface area contributed by atoms with Gasteiger partial charge in [-0.05, 0) is 65.4 Å². The predicted octanol–water partition coefficient (Wildman–Crippen LogP) is 4.13. The number of nitrogens with zero attached hydrogens (tertiary/aromatic N) is 5. The SMILES string of the molecule is COc1ccc(-c2nnn(CC(=O)N(Cc3ccccc3Cl)[C@@H](C(=O)NC[C@H]3CCCO3)c3cccs3)n2)cc1. The van der Waals surface area contributed by atoms with Gasteiger partial charge in [0.1, 0.15) is 18.3 Å². The average Bonchev–Trinajstić information content (AvgIpc) is 3.77. The van der Waals surface area contributed by atoms with Crippen molar-refractivity contribution >= 4 is 34.8 Å². The number of carbonyl (C=O) groups is 2. The molecule has 0 saturated carbocycles. The van der Waals surface area contributed by atoms with Crippen molar-refractivity contribution in [3.8, 4) is 17.1 Å². The molecule has 0 spiro atoms. The molecule has 1 aliphatic heterocycles. The third kappa shape index (κ3) is 6.67. The number of amides is 2. The highest BCUT2D eigenvalue weighted by atomic mass is 35.5. The summed E-state index contributed by atoms with van der Waals surface area (Å²) < 4.78 is 10.9. The first kappa shape index (κ1) is 27.8. The predicted molar refractivity (Wildman–Crippen MR) is 151 cm³/mol. The number of rotatable bonds is 11. The second-order valence-electron chi connectivity index (χ2n) is 9.28. The highest BCUT2D eigenvalue weighted by Crippen LogP contribution is 2.29. The molecule has 4 aromatic rings. The van der Waals surface area contributed by atoms with E-state index < -0.39 is 6.04 Å². The molecule has 2 aromatic carbocycles. The second kappa shape index (κ2) is 13.0. The van der Waals surface area contributed by atoms with Crippen LogP contribution in [0.2, 0.25) is 5.02 Å². The number of hydrogen-bond donors (Lipinski definition) is 1. The van der Waals surface area contributed by atoms with Crippen molar-refractivity contribution in [3.63, 3.8) is 0 Å². The number of nitrogens with one attached hydrogen (secondary N) is 1. The van der Waals surface area contributed by atoms with E-state index in [9.17, 15) is 9.59 Å². The summed E-state index contributed by atoms with van der Waals surface area (Å²) >= 11 is 7.89. The van der Waals surface area contributed by atoms with Gasteiger partial charge in [0, 0.05) is 35.2 Å². The van der Waals surface area contributed by atoms with Crippen LogP contribution in [0.4, 0.5) is 0 Å². The Morgan fingerprint density at radius 1 is 1.20 bits per heavy atom. The summed E-state index contributed by atoms with van der Waals surface area (Å²) in [4.78, 5) is 31.1. The molecule has 0 radical (unpaired) electrons. The minimum Gasteiger partial charge on any atom is -0.497 e. The van der Waals surface area contributed by atoms with Crippen molar-refractivity contribution < 1.29 is 19.1 Å². The zero-order valence-electron chi connectivity index (χ0n) is 21.9. The average molecular weight is 581 g/mol. The number of benzene rings is 2. The van der Waals surface area contributed by atoms with Crippen molar-refractivity contribution in [3.05, 3.63) is 81.5 Å². The smallest absolute Gasteiger partial charge is 0.248 e. The third-order valence-corrected chi connectivity index (χ3v) is 7.89. The first-order valence-corrected chi connectivity index (χ1v) is 14.2. The molecule has 12 heteroatoms. The number of aromatic nitrogens is 4. The van der Waals surface area contributed by atoms with Crippen molar-refractivity contribution in [2.45, 2.75) is 38.1 Å². The molecule has 1 fully saturated rings. The van der Waals surface area contributed by atoms with Gasteiger partial charge in [-0.25, -0.2) is 0 Å². The van der Waals surface area contributed by atoms with E-state index in [-0.39, 0.29) is 31.0 Å². The number of carbonyl (C=O) groups excluding carboxylic acids is 2. The van der Waals surface area contributed by atoms with Crippen molar-refractivity contribution in [1.29, 1.82) is 0 Å². The molecule has 10 nitrogen and oxygen atoms in total. The molecule has 40 heavy (non-hydrogen) atoms. The van der Waals surface area contributed by atoms with Crippen LogP contribution in [0.5, 0.6) is 5.75 Å². The molecule has 1 N–H and O–H groups in total. The van der Waals surface area contributed by atoms with E-state index in [1.807, 2.05) is 47.8 Å². The fourth-order valence-corrected chi connectivity index (χ4v) is 5.53. The molecular weight excluding hydrogens is 552 g/mol.